The van der Waals surface area contributed by atoms with Crippen LogP contribution in [-0.4, -0.2) is 39.7 Å². The summed E-state index contributed by atoms with van der Waals surface area (Å²) in [6.45, 7) is 2.82. The molecule has 0 saturated heterocycles. The molecule has 0 atom stereocenters. The van der Waals surface area contributed by atoms with Crippen molar-refractivity contribution in [2.24, 2.45) is 0 Å². The number of hydrazine groups is 1. The molecule has 1 aromatic carbocycles. The molecular formula is C14H15N5O. The van der Waals surface area contributed by atoms with E-state index in [1.54, 1.807) is 11.0 Å². The van der Waals surface area contributed by atoms with Crippen LogP contribution in [0.4, 0.5) is 0 Å². The largest absolute Gasteiger partial charge is 0.315 e. The van der Waals surface area contributed by atoms with Crippen molar-refractivity contribution >= 4 is 11.9 Å². The maximum Gasteiger partial charge on any atom is 0.152 e. The first-order valence-electron chi connectivity index (χ1n) is 6.32. The molecule has 1 aromatic heterocycles. The average Bonchev–Trinajstić information content (AvgIpc) is 3.10. The molecule has 6 nitrogen and oxygen atoms in total. The molecule has 0 amide bonds. The van der Waals surface area contributed by atoms with Crippen LogP contribution in [0.25, 0.3) is 11.3 Å². The topological polar surface area (TPSA) is 63.1 Å². The minimum atomic E-state index is 0.600. The molecule has 0 saturated carbocycles. The predicted octanol–water partition coefficient (Wildman–Crippen LogP) is 1.26. The van der Waals surface area contributed by atoms with Crippen LogP contribution in [-0.2, 0) is 0 Å². The van der Waals surface area contributed by atoms with Crippen molar-refractivity contribution in [1.82, 2.24) is 25.2 Å². The maximum absolute atomic E-state index is 11.3. The molecule has 3 rings (SSSR count). The number of nitrogens with zero attached hydrogens (tertiary/aromatic N) is 4. The van der Waals surface area contributed by atoms with Gasteiger partial charge in [-0.3, -0.25) is 4.79 Å². The number of carbonyl (C=O) groups excluding carboxylic acids is 1. The number of benzene rings is 1. The summed E-state index contributed by atoms with van der Waals surface area (Å²) in [4.78, 5) is 15.2. The van der Waals surface area contributed by atoms with Crippen molar-refractivity contribution < 1.29 is 4.79 Å². The number of aldehydes is 1. The fourth-order valence-corrected chi connectivity index (χ4v) is 2.34. The van der Waals surface area contributed by atoms with E-state index in [1.165, 1.54) is 11.9 Å². The zero-order valence-corrected chi connectivity index (χ0v) is 11.4. The minimum Gasteiger partial charge on any atom is -0.315 e. The number of aromatic nitrogens is 3. The molecule has 2 heterocycles. The van der Waals surface area contributed by atoms with Gasteiger partial charge >= 0.3 is 0 Å². The number of nitrogens with one attached hydrogen (secondary N) is 1. The molecule has 0 aliphatic carbocycles. The third-order valence-corrected chi connectivity index (χ3v) is 3.60. The Morgan fingerprint density at radius 2 is 2.25 bits per heavy atom. The Hall–Kier alpha value is -2.47. The molecule has 1 aliphatic rings. The molecule has 1 N–H and O–H groups in total. The molecule has 1 aliphatic heterocycles. The van der Waals surface area contributed by atoms with E-state index in [9.17, 15) is 4.79 Å². The van der Waals surface area contributed by atoms with Gasteiger partial charge in [-0.05, 0) is 30.2 Å². The van der Waals surface area contributed by atoms with Crippen LogP contribution in [0.1, 0.15) is 22.8 Å². The summed E-state index contributed by atoms with van der Waals surface area (Å²) in [5, 5.41) is 6.05. The van der Waals surface area contributed by atoms with E-state index in [-0.39, 0.29) is 0 Å². The molecule has 0 radical (unpaired) electrons. The van der Waals surface area contributed by atoms with Crippen LogP contribution in [0.2, 0.25) is 0 Å². The fourth-order valence-electron chi connectivity index (χ4n) is 2.34. The van der Waals surface area contributed by atoms with Crippen molar-refractivity contribution in [2.75, 3.05) is 13.6 Å². The second-order valence-corrected chi connectivity index (χ2v) is 4.69. The van der Waals surface area contributed by atoms with Gasteiger partial charge in [-0.2, -0.15) is 5.10 Å². The molecule has 0 unspecified atom stereocenters. The summed E-state index contributed by atoms with van der Waals surface area (Å²) in [6.07, 6.45) is 3.88. The van der Waals surface area contributed by atoms with Gasteiger partial charge in [-0.25, -0.2) is 15.1 Å². The van der Waals surface area contributed by atoms with E-state index in [0.29, 0.717) is 5.56 Å². The summed E-state index contributed by atoms with van der Waals surface area (Å²) in [5.41, 5.74) is 7.98. The quantitative estimate of drug-likeness (QED) is 0.850. The first-order valence-corrected chi connectivity index (χ1v) is 6.32. The maximum atomic E-state index is 11.3. The molecule has 0 fully saturated rings. The molecule has 102 valence electrons. The van der Waals surface area contributed by atoms with Crippen LogP contribution >= 0.6 is 0 Å². The highest BCUT2D eigenvalue weighted by Crippen LogP contribution is 2.26. The third kappa shape index (κ3) is 2.00. The van der Waals surface area contributed by atoms with E-state index >= 15 is 0 Å². The Morgan fingerprint density at radius 3 is 2.85 bits per heavy atom. The highest BCUT2D eigenvalue weighted by molar-refractivity contribution is 5.84. The number of hydrogen-bond donors (Lipinski definition) is 1. The zero-order chi connectivity index (χ0) is 14.1. The lowest BCUT2D eigenvalue weighted by molar-refractivity contribution is 0.112. The fraction of sp³-hybridized carbons (Fsp3) is 0.214. The monoisotopic (exact) mass is 269 g/mol. The summed E-state index contributed by atoms with van der Waals surface area (Å²) in [7, 11) is 1.98. The highest BCUT2D eigenvalue weighted by atomic mass is 16.1. The summed E-state index contributed by atoms with van der Waals surface area (Å²) in [6, 6.07) is 5.79. The van der Waals surface area contributed by atoms with Crippen LogP contribution in [0.5, 0.6) is 0 Å². The number of carbonyl (C=O) groups is 1. The van der Waals surface area contributed by atoms with Gasteiger partial charge < -0.3 is 5.01 Å². The Morgan fingerprint density at radius 1 is 1.40 bits per heavy atom. The van der Waals surface area contributed by atoms with Crippen molar-refractivity contribution in [3.05, 3.63) is 47.7 Å². The highest BCUT2D eigenvalue weighted by Gasteiger charge is 2.17. The first kappa shape index (κ1) is 12.6. The number of rotatable bonds is 3. The van der Waals surface area contributed by atoms with Crippen molar-refractivity contribution in [1.29, 1.82) is 0 Å². The van der Waals surface area contributed by atoms with Gasteiger partial charge in [-0.15, -0.1) is 0 Å². The van der Waals surface area contributed by atoms with Gasteiger partial charge in [0.05, 0.1) is 5.69 Å². The van der Waals surface area contributed by atoms with Crippen LogP contribution in [0.15, 0.2) is 36.6 Å². The Kier molecular flexibility index (Phi) is 3.08. The van der Waals surface area contributed by atoms with E-state index in [2.05, 4.69) is 22.4 Å². The Labute approximate surface area is 116 Å². The van der Waals surface area contributed by atoms with Gasteiger partial charge in [0.25, 0.3) is 0 Å². The van der Waals surface area contributed by atoms with Gasteiger partial charge in [-0.1, -0.05) is 6.07 Å². The standard InChI is InChI=1S/C14H15N5O/c1-10-13(6-16-18(10)2)11-3-4-14(12(5-11)7-20)19-9-15-8-17-19/h3-5,7-9,16H,6H2,1-2H3. The third-order valence-electron chi connectivity index (χ3n) is 3.60. The Bertz CT molecular complexity index is 675. The van der Waals surface area contributed by atoms with Gasteiger partial charge in [0.15, 0.2) is 6.29 Å². The second kappa shape index (κ2) is 4.90. The SMILES string of the molecule is CC1=C(c2ccc(-n3cncn3)c(C=O)c2)CNN1C. The lowest BCUT2D eigenvalue weighted by Gasteiger charge is -2.12. The normalized spacial score (nSPS) is 15.0. The summed E-state index contributed by atoms with van der Waals surface area (Å²) in [5.74, 6) is 0. The van der Waals surface area contributed by atoms with Gasteiger partial charge in [0.1, 0.15) is 12.7 Å². The van der Waals surface area contributed by atoms with Crippen LogP contribution in [0.3, 0.4) is 0 Å². The molecular weight excluding hydrogens is 254 g/mol. The molecule has 6 heteroatoms. The van der Waals surface area contributed by atoms with Crippen LogP contribution in [0, 0.1) is 0 Å². The van der Waals surface area contributed by atoms with E-state index in [0.717, 1.165) is 29.8 Å². The zero-order valence-electron chi connectivity index (χ0n) is 11.4. The summed E-state index contributed by atoms with van der Waals surface area (Å²) >= 11 is 0. The second-order valence-electron chi connectivity index (χ2n) is 4.69. The van der Waals surface area contributed by atoms with Crippen LogP contribution < -0.4 is 5.43 Å². The van der Waals surface area contributed by atoms with Crippen molar-refractivity contribution in [3.8, 4) is 5.69 Å². The van der Waals surface area contributed by atoms with Gasteiger partial charge in [0, 0.05) is 24.9 Å². The molecule has 0 spiro atoms. The first-order chi connectivity index (χ1) is 9.70. The lowest BCUT2D eigenvalue weighted by atomic mass is 10.0. The number of hydrogen-bond acceptors (Lipinski definition) is 5. The summed E-state index contributed by atoms with van der Waals surface area (Å²) < 4.78 is 1.59. The lowest BCUT2D eigenvalue weighted by Crippen LogP contribution is -2.26. The molecule has 2 aromatic rings. The smallest absolute Gasteiger partial charge is 0.152 e. The van der Waals surface area contributed by atoms with E-state index in [1.807, 2.05) is 30.3 Å². The van der Waals surface area contributed by atoms with E-state index in [4.69, 9.17) is 0 Å². The number of allylic oxidation sites excluding steroid dienone is 1. The van der Waals surface area contributed by atoms with Gasteiger partial charge in [0.2, 0.25) is 0 Å². The van der Waals surface area contributed by atoms with Crippen molar-refractivity contribution in [3.63, 3.8) is 0 Å². The minimum absolute atomic E-state index is 0.600. The van der Waals surface area contributed by atoms with Crippen molar-refractivity contribution in [2.45, 2.75) is 6.92 Å². The predicted molar refractivity (Wildman–Crippen MR) is 75.1 cm³/mol. The molecule has 20 heavy (non-hydrogen) atoms. The molecule has 0 bridgehead atoms. The van der Waals surface area contributed by atoms with E-state index < -0.39 is 0 Å². The average molecular weight is 269 g/mol. The Balaban J connectivity index is 2.07.